The number of nitrogens with two attached hydrogens (primary N) is 1. The molecule has 1 rings (SSSR count). The summed E-state index contributed by atoms with van der Waals surface area (Å²) in [5, 5.41) is 12.0. The first-order chi connectivity index (χ1) is 9.99. The average molecular weight is 546 g/mol. The van der Waals surface area contributed by atoms with Gasteiger partial charge in [-0.2, -0.15) is 0 Å². The third kappa shape index (κ3) is 12.5. The van der Waals surface area contributed by atoms with Crippen LogP contribution in [0.2, 0.25) is 0 Å². The fourth-order valence-electron chi connectivity index (χ4n) is 2.33. The molecule has 1 aliphatic heterocycles. The van der Waals surface area contributed by atoms with Gasteiger partial charge in [0.15, 0.2) is 5.78 Å². The Morgan fingerprint density at radius 1 is 1.23 bits per heavy atom. The Labute approximate surface area is 160 Å². The summed E-state index contributed by atoms with van der Waals surface area (Å²) < 4.78 is 0. The predicted octanol–water partition coefficient (Wildman–Crippen LogP) is 3.85. The zero-order chi connectivity index (χ0) is 17.4. The minimum atomic E-state index is -0.469. The molecule has 2 atom stereocenters. The van der Waals surface area contributed by atoms with Gasteiger partial charge in [-0.25, -0.2) is 4.79 Å². The average Bonchev–Trinajstić information content (AvgIpc) is 2.89. The van der Waals surface area contributed by atoms with Gasteiger partial charge in [0.05, 0.1) is 6.04 Å². The Morgan fingerprint density at radius 2 is 1.64 bits per heavy atom. The van der Waals surface area contributed by atoms with Crippen molar-refractivity contribution in [2.75, 3.05) is 6.54 Å². The minimum Gasteiger partial charge on any atom is -0.351 e. The number of nitrogens with zero attached hydrogens (tertiary/aromatic N) is 1. The van der Waals surface area contributed by atoms with Crippen LogP contribution in [-0.2, 0) is 4.79 Å². The van der Waals surface area contributed by atoms with Crippen molar-refractivity contribution < 1.29 is 52.6 Å². The number of primary amides is 1. The van der Waals surface area contributed by atoms with Crippen LogP contribution < -0.4 is 5.73 Å². The number of Topliss-reactive ketones (excluding diaryl/α,β-unsaturated/α-hetero) is 1. The third-order valence-corrected chi connectivity index (χ3v) is 2.88. The molecule has 6 nitrogen and oxygen atoms in total. The van der Waals surface area contributed by atoms with E-state index in [1.807, 2.05) is 13.8 Å². The van der Waals surface area contributed by atoms with Gasteiger partial charge in [-0.1, -0.05) is 47.5 Å². The normalized spacial score (nSPS) is 18.3. The van der Waals surface area contributed by atoms with Crippen molar-refractivity contribution in [2.45, 2.75) is 73.3 Å². The van der Waals surface area contributed by atoms with Crippen LogP contribution in [0.1, 0.15) is 68.7 Å². The van der Waals surface area contributed by atoms with Gasteiger partial charge in [-0.05, 0) is 25.7 Å². The van der Waals surface area contributed by atoms with Gasteiger partial charge in [0.2, 0.25) is 0 Å². The van der Waals surface area contributed by atoms with E-state index in [0.717, 1.165) is 19.3 Å². The maximum atomic E-state index is 11.4. The van der Waals surface area contributed by atoms with Crippen molar-refractivity contribution in [1.29, 1.82) is 0 Å². The summed E-state index contributed by atoms with van der Waals surface area (Å²) in [6, 6.07) is -0.740. The molecule has 1 aliphatic rings. The smallest absolute Gasteiger partial charge is 0.315 e. The number of likely N-dealkylation sites (tertiary alicyclic amines) is 1. The first-order valence-corrected chi connectivity index (χ1v) is 7.75. The molecule has 0 unspecified atom stereocenters. The van der Waals surface area contributed by atoms with E-state index in [1.54, 1.807) is 0 Å². The Bertz CT molecular complexity index is 272. The molecular formula is C15H36N2O4U. The molecule has 4 N–H and O–H groups in total. The van der Waals surface area contributed by atoms with Crippen molar-refractivity contribution in [2.24, 2.45) is 11.7 Å². The van der Waals surface area contributed by atoms with Crippen LogP contribution in [0.4, 0.5) is 4.79 Å². The second-order valence-electron chi connectivity index (χ2n) is 4.63. The van der Waals surface area contributed by atoms with E-state index < -0.39 is 6.03 Å². The van der Waals surface area contributed by atoms with Crippen LogP contribution in [0.5, 0.6) is 0 Å². The van der Waals surface area contributed by atoms with Gasteiger partial charge < -0.3 is 10.6 Å². The summed E-state index contributed by atoms with van der Waals surface area (Å²) >= 11 is 0. The fourth-order valence-corrected chi connectivity index (χ4v) is 2.33. The Kier molecular flexibility index (Phi) is 28.4. The fraction of sp³-hybridized carbons (Fsp3) is 0.867. The van der Waals surface area contributed by atoms with Crippen molar-refractivity contribution in [3.05, 3.63) is 0 Å². The number of hydrogen-bond donors (Lipinski definition) is 3. The Hall–Kier alpha value is -0.0881. The Balaban J connectivity index is -0.000000105. The number of carbonyl (C=O) groups excluding carboxylic acids is 2. The quantitative estimate of drug-likeness (QED) is 0.370. The second-order valence-corrected chi connectivity index (χ2v) is 4.63. The van der Waals surface area contributed by atoms with Gasteiger partial charge in [-0.15, -0.1) is 0 Å². The maximum absolute atomic E-state index is 11.4. The SMILES string of the molecule is CC.CCC.CCC[C@@H]1CCN(C(N)=O)[C@@H]1C(C)=O.OO.[HH].[U]. The van der Waals surface area contributed by atoms with Crippen LogP contribution >= 0.6 is 0 Å². The monoisotopic (exact) mass is 546 g/mol. The summed E-state index contributed by atoms with van der Waals surface area (Å²) in [6.07, 6.45) is 4.19. The van der Waals surface area contributed by atoms with Gasteiger partial charge in [0, 0.05) is 39.1 Å². The third-order valence-electron chi connectivity index (χ3n) is 2.88. The van der Waals surface area contributed by atoms with Crippen molar-refractivity contribution in [3.8, 4) is 0 Å². The zero-order valence-corrected chi connectivity index (χ0v) is 19.1. The first kappa shape index (κ1) is 29.9. The van der Waals surface area contributed by atoms with E-state index in [-0.39, 0.29) is 44.4 Å². The second kappa shape index (κ2) is 20.9. The van der Waals surface area contributed by atoms with Crippen molar-refractivity contribution in [1.82, 2.24) is 4.90 Å². The summed E-state index contributed by atoms with van der Waals surface area (Å²) in [7, 11) is 0. The molecule has 0 aromatic heterocycles. The molecule has 7 heteroatoms. The predicted molar refractivity (Wildman–Crippen MR) is 88.5 cm³/mol. The van der Waals surface area contributed by atoms with Crippen molar-refractivity contribution in [3.63, 3.8) is 0 Å². The topological polar surface area (TPSA) is 104 Å². The number of urea groups is 1. The van der Waals surface area contributed by atoms with Gasteiger partial charge in [0.25, 0.3) is 0 Å². The van der Waals surface area contributed by atoms with Crippen LogP contribution in [0.3, 0.4) is 0 Å². The number of hydrogen-bond acceptors (Lipinski definition) is 4. The zero-order valence-electron chi connectivity index (χ0n) is 14.9. The van der Waals surface area contributed by atoms with Gasteiger partial charge >= 0.3 is 6.03 Å². The summed E-state index contributed by atoms with van der Waals surface area (Å²) in [4.78, 5) is 24.0. The van der Waals surface area contributed by atoms with E-state index in [1.165, 1.54) is 18.2 Å². The molecule has 0 saturated carbocycles. The number of carbonyl (C=O) groups is 2. The van der Waals surface area contributed by atoms with Gasteiger partial charge in [0.1, 0.15) is 0 Å². The molecule has 22 heavy (non-hydrogen) atoms. The maximum Gasteiger partial charge on any atom is 0.315 e. The van der Waals surface area contributed by atoms with E-state index >= 15 is 0 Å². The molecule has 1 heterocycles. The molecule has 1 saturated heterocycles. The molecule has 0 bridgehead atoms. The largest absolute Gasteiger partial charge is 0.351 e. The molecule has 0 aliphatic carbocycles. The van der Waals surface area contributed by atoms with Crippen LogP contribution in [-0.4, -0.2) is 39.8 Å². The number of ketones is 1. The molecule has 2 amide bonds. The van der Waals surface area contributed by atoms with E-state index in [0.29, 0.717) is 12.5 Å². The minimum absolute atomic E-state index is 0. The molecular weight excluding hydrogens is 510 g/mol. The van der Waals surface area contributed by atoms with Crippen LogP contribution in [0.25, 0.3) is 0 Å². The van der Waals surface area contributed by atoms with E-state index in [9.17, 15) is 9.59 Å². The molecule has 1 fully saturated rings. The molecule has 0 spiro atoms. The number of rotatable bonds is 3. The molecule has 134 valence electrons. The summed E-state index contributed by atoms with van der Waals surface area (Å²) in [5.74, 6) is 0.366. The Morgan fingerprint density at radius 3 is 1.91 bits per heavy atom. The molecule has 0 radical (unpaired) electrons. The van der Waals surface area contributed by atoms with Crippen LogP contribution in [0, 0.1) is 37.0 Å². The number of amides is 2. The van der Waals surface area contributed by atoms with Crippen LogP contribution in [0.15, 0.2) is 0 Å². The van der Waals surface area contributed by atoms with Gasteiger partial charge in [-0.3, -0.25) is 15.3 Å². The van der Waals surface area contributed by atoms with E-state index in [4.69, 9.17) is 16.2 Å². The first-order valence-electron chi connectivity index (χ1n) is 7.75. The summed E-state index contributed by atoms with van der Waals surface area (Å²) in [5.41, 5.74) is 5.22. The summed E-state index contributed by atoms with van der Waals surface area (Å²) in [6.45, 7) is 12.5. The standard InChI is InChI=1S/C10H18N2O2.C3H8.C2H6.H2O2.U.H2/c1-3-4-8-5-6-12(10(11)14)9(8)7(2)13;1-3-2;2*1-2;;/h8-9H,3-6H2,1-2H3,(H2,11,14);3H2,1-2H3;1-2H3;1-2H;;1H/t8-,9-;;;;;/m1...../s1. The van der Waals surface area contributed by atoms with Crippen molar-refractivity contribution >= 4 is 11.8 Å². The molecule has 0 aromatic carbocycles. The molecule has 0 aromatic rings. The van der Waals surface area contributed by atoms with E-state index in [2.05, 4.69) is 20.8 Å².